The van der Waals surface area contributed by atoms with Gasteiger partial charge >= 0.3 is 0 Å². The van der Waals surface area contributed by atoms with Crippen molar-refractivity contribution in [2.75, 3.05) is 10.6 Å². The number of aromatic nitrogens is 1. The van der Waals surface area contributed by atoms with E-state index in [2.05, 4.69) is 15.6 Å². The first-order valence-electron chi connectivity index (χ1n) is 6.50. The molecule has 0 atom stereocenters. The molecule has 1 aromatic heterocycles. The molecule has 3 nitrogen and oxygen atoms in total. The first kappa shape index (κ1) is 12.0. The molecule has 0 aliphatic heterocycles. The van der Waals surface area contributed by atoms with Crippen LogP contribution in [0.2, 0.25) is 0 Å². The van der Waals surface area contributed by atoms with Crippen LogP contribution in [0.4, 0.5) is 15.9 Å². The third-order valence-corrected chi connectivity index (χ3v) is 3.10. The van der Waals surface area contributed by atoms with Crippen molar-refractivity contribution in [3.8, 4) is 0 Å². The molecule has 0 spiro atoms. The summed E-state index contributed by atoms with van der Waals surface area (Å²) in [5, 5.41) is 6.61. The minimum Gasteiger partial charge on any atom is -0.381 e. The summed E-state index contributed by atoms with van der Waals surface area (Å²) < 4.78 is 12.8. The van der Waals surface area contributed by atoms with Crippen LogP contribution in [0.25, 0.3) is 0 Å². The summed E-state index contributed by atoms with van der Waals surface area (Å²) in [7, 11) is 0. The summed E-state index contributed by atoms with van der Waals surface area (Å²) >= 11 is 0. The zero-order valence-electron chi connectivity index (χ0n) is 10.6. The van der Waals surface area contributed by atoms with Crippen molar-refractivity contribution in [1.29, 1.82) is 0 Å². The van der Waals surface area contributed by atoms with Gasteiger partial charge in [-0.1, -0.05) is 12.1 Å². The number of nitrogens with zero attached hydrogens (tertiary/aromatic N) is 1. The van der Waals surface area contributed by atoms with Gasteiger partial charge in [-0.2, -0.15) is 0 Å². The molecule has 1 fully saturated rings. The molecule has 1 aromatic carbocycles. The Kier molecular flexibility index (Phi) is 3.31. The molecule has 0 radical (unpaired) electrons. The van der Waals surface area contributed by atoms with Gasteiger partial charge in [0, 0.05) is 12.6 Å². The molecule has 0 saturated heterocycles. The van der Waals surface area contributed by atoms with Crippen LogP contribution >= 0.6 is 0 Å². The van der Waals surface area contributed by atoms with Gasteiger partial charge < -0.3 is 10.6 Å². The number of halogens is 1. The zero-order chi connectivity index (χ0) is 13.1. The van der Waals surface area contributed by atoms with Crippen LogP contribution in [0.3, 0.4) is 0 Å². The van der Waals surface area contributed by atoms with Gasteiger partial charge in [-0.15, -0.1) is 0 Å². The van der Waals surface area contributed by atoms with E-state index < -0.39 is 0 Å². The number of rotatable bonds is 5. The SMILES string of the molecule is Fc1ccc(CNc2ccc(NC3CC3)cn2)cc1. The van der Waals surface area contributed by atoms with Crippen molar-refractivity contribution >= 4 is 11.5 Å². The lowest BCUT2D eigenvalue weighted by molar-refractivity contribution is 0.627. The van der Waals surface area contributed by atoms with Crippen LogP contribution in [0.1, 0.15) is 18.4 Å². The van der Waals surface area contributed by atoms with E-state index in [1.54, 1.807) is 12.1 Å². The largest absolute Gasteiger partial charge is 0.381 e. The third kappa shape index (κ3) is 3.44. The molecule has 1 heterocycles. The van der Waals surface area contributed by atoms with E-state index in [0.717, 1.165) is 17.1 Å². The summed E-state index contributed by atoms with van der Waals surface area (Å²) in [5.41, 5.74) is 2.10. The van der Waals surface area contributed by atoms with Crippen molar-refractivity contribution < 1.29 is 4.39 Å². The Hall–Kier alpha value is -2.10. The first-order valence-corrected chi connectivity index (χ1v) is 6.50. The van der Waals surface area contributed by atoms with E-state index in [1.807, 2.05) is 18.3 Å². The van der Waals surface area contributed by atoms with Crippen LogP contribution < -0.4 is 10.6 Å². The molecule has 0 bridgehead atoms. The Morgan fingerprint density at radius 2 is 1.89 bits per heavy atom. The number of benzene rings is 1. The van der Waals surface area contributed by atoms with Crippen LogP contribution in [-0.4, -0.2) is 11.0 Å². The van der Waals surface area contributed by atoms with Gasteiger partial charge in [0.1, 0.15) is 11.6 Å². The highest BCUT2D eigenvalue weighted by Crippen LogP contribution is 2.24. The fourth-order valence-electron chi connectivity index (χ4n) is 1.84. The van der Waals surface area contributed by atoms with Crippen molar-refractivity contribution in [2.24, 2.45) is 0 Å². The highest BCUT2D eigenvalue weighted by Gasteiger charge is 2.20. The second-order valence-corrected chi connectivity index (χ2v) is 4.83. The van der Waals surface area contributed by atoms with Gasteiger partial charge in [0.05, 0.1) is 11.9 Å². The Balaban J connectivity index is 1.55. The predicted octanol–water partition coefficient (Wildman–Crippen LogP) is 3.41. The van der Waals surface area contributed by atoms with E-state index in [1.165, 1.54) is 25.0 Å². The van der Waals surface area contributed by atoms with E-state index >= 15 is 0 Å². The number of anilines is 2. The molecule has 1 aliphatic rings. The van der Waals surface area contributed by atoms with E-state index in [0.29, 0.717) is 12.6 Å². The van der Waals surface area contributed by atoms with Gasteiger partial charge in [0.25, 0.3) is 0 Å². The minimum absolute atomic E-state index is 0.211. The molecule has 3 rings (SSSR count). The molecule has 19 heavy (non-hydrogen) atoms. The molecule has 2 N–H and O–H groups in total. The molecule has 98 valence electrons. The molecule has 1 saturated carbocycles. The van der Waals surface area contributed by atoms with E-state index in [4.69, 9.17) is 0 Å². The highest BCUT2D eigenvalue weighted by atomic mass is 19.1. The standard InChI is InChI=1S/C15H16FN3/c16-12-3-1-11(2-4-12)9-17-15-8-7-14(10-18-15)19-13-5-6-13/h1-4,7-8,10,13,19H,5-6,9H2,(H,17,18). The maximum Gasteiger partial charge on any atom is 0.126 e. The van der Waals surface area contributed by atoms with E-state index in [-0.39, 0.29) is 5.82 Å². The normalized spacial score (nSPS) is 14.2. The molecule has 1 aliphatic carbocycles. The van der Waals surface area contributed by atoms with Crippen molar-refractivity contribution in [3.63, 3.8) is 0 Å². The summed E-state index contributed by atoms with van der Waals surface area (Å²) in [5.74, 6) is 0.614. The summed E-state index contributed by atoms with van der Waals surface area (Å²) in [6.07, 6.45) is 4.35. The molecule has 4 heteroatoms. The summed E-state index contributed by atoms with van der Waals surface area (Å²) in [4.78, 5) is 4.34. The maximum atomic E-state index is 12.8. The van der Waals surface area contributed by atoms with Crippen LogP contribution in [-0.2, 0) is 6.54 Å². The molecule has 0 unspecified atom stereocenters. The van der Waals surface area contributed by atoms with Gasteiger partial charge in [-0.05, 0) is 42.7 Å². The average molecular weight is 257 g/mol. The lowest BCUT2D eigenvalue weighted by atomic mass is 10.2. The Morgan fingerprint density at radius 3 is 2.53 bits per heavy atom. The second kappa shape index (κ2) is 5.26. The fourth-order valence-corrected chi connectivity index (χ4v) is 1.84. The number of nitrogens with one attached hydrogen (secondary N) is 2. The molecule has 2 aromatic rings. The molecular weight excluding hydrogens is 241 g/mol. The highest BCUT2D eigenvalue weighted by molar-refractivity contribution is 5.48. The van der Waals surface area contributed by atoms with Crippen LogP contribution in [0.5, 0.6) is 0 Å². The van der Waals surface area contributed by atoms with Crippen molar-refractivity contribution in [2.45, 2.75) is 25.4 Å². The van der Waals surface area contributed by atoms with Crippen LogP contribution in [0.15, 0.2) is 42.6 Å². The third-order valence-electron chi connectivity index (χ3n) is 3.10. The van der Waals surface area contributed by atoms with E-state index in [9.17, 15) is 4.39 Å². The predicted molar refractivity (Wildman–Crippen MR) is 74.6 cm³/mol. The number of hydrogen-bond donors (Lipinski definition) is 2. The average Bonchev–Trinajstić information content (AvgIpc) is 3.24. The monoisotopic (exact) mass is 257 g/mol. The Bertz CT molecular complexity index is 532. The smallest absolute Gasteiger partial charge is 0.126 e. The zero-order valence-corrected chi connectivity index (χ0v) is 10.6. The van der Waals surface area contributed by atoms with Crippen LogP contribution in [0, 0.1) is 5.82 Å². The number of hydrogen-bond acceptors (Lipinski definition) is 3. The maximum absolute atomic E-state index is 12.8. The molecular formula is C15H16FN3. The summed E-state index contributed by atoms with van der Waals surface area (Å²) in [6, 6.07) is 11.1. The lowest BCUT2D eigenvalue weighted by Crippen LogP contribution is -2.04. The van der Waals surface area contributed by atoms with Crippen molar-refractivity contribution in [3.05, 3.63) is 54.0 Å². The molecule has 0 amide bonds. The Morgan fingerprint density at radius 1 is 1.11 bits per heavy atom. The lowest BCUT2D eigenvalue weighted by Gasteiger charge is -2.08. The van der Waals surface area contributed by atoms with Crippen molar-refractivity contribution in [1.82, 2.24) is 4.98 Å². The topological polar surface area (TPSA) is 37.0 Å². The Labute approximate surface area is 111 Å². The van der Waals surface area contributed by atoms with Gasteiger partial charge in [0.2, 0.25) is 0 Å². The first-order chi connectivity index (χ1) is 9.29. The quantitative estimate of drug-likeness (QED) is 0.862. The second-order valence-electron chi connectivity index (χ2n) is 4.83. The number of pyridine rings is 1. The minimum atomic E-state index is -0.211. The van der Waals surface area contributed by atoms with Gasteiger partial charge in [-0.3, -0.25) is 0 Å². The summed E-state index contributed by atoms with van der Waals surface area (Å²) in [6.45, 7) is 0.642. The fraction of sp³-hybridized carbons (Fsp3) is 0.267. The van der Waals surface area contributed by atoms with Gasteiger partial charge in [0.15, 0.2) is 0 Å². The van der Waals surface area contributed by atoms with Gasteiger partial charge in [-0.25, -0.2) is 9.37 Å².